The van der Waals surface area contributed by atoms with E-state index in [9.17, 15) is 0 Å². The van der Waals surface area contributed by atoms with Crippen LogP contribution in [0.5, 0.6) is 0 Å². The summed E-state index contributed by atoms with van der Waals surface area (Å²) in [6.45, 7) is 3.07. The highest BCUT2D eigenvalue weighted by atomic mass is 79.9. The maximum absolute atomic E-state index is 5.66. The number of rotatable bonds is 4. The Morgan fingerprint density at radius 3 is 2.88 bits per heavy atom. The average Bonchev–Trinajstić information content (AvgIpc) is 2.69. The molecule has 1 aromatic heterocycles. The number of benzene rings is 1. The van der Waals surface area contributed by atoms with Crippen LogP contribution in [0.2, 0.25) is 0 Å². The average molecular weight is 283 g/mol. The lowest BCUT2D eigenvalue weighted by molar-refractivity contribution is 0.578. The molecule has 0 radical (unpaired) electrons. The number of anilines is 1. The Balaban J connectivity index is 2.13. The lowest BCUT2D eigenvalue weighted by atomic mass is 10.3. The molecule has 3 nitrogen and oxygen atoms in total. The summed E-state index contributed by atoms with van der Waals surface area (Å²) < 4.78 is 5.66. The number of hydrogen-bond acceptors (Lipinski definition) is 3. The van der Waals surface area contributed by atoms with Gasteiger partial charge in [-0.2, -0.15) is 4.98 Å². The maximum atomic E-state index is 5.66. The van der Waals surface area contributed by atoms with E-state index in [1.807, 2.05) is 36.2 Å². The molecule has 0 saturated heterocycles. The van der Waals surface area contributed by atoms with Crippen LogP contribution in [0, 0.1) is 0 Å². The monoisotopic (exact) mass is 282 g/mol. The van der Waals surface area contributed by atoms with Crippen LogP contribution in [0.15, 0.2) is 28.7 Å². The minimum absolute atomic E-state index is 0.513. The van der Waals surface area contributed by atoms with E-state index in [0.717, 1.165) is 24.1 Å². The van der Waals surface area contributed by atoms with Crippen LogP contribution < -0.4 is 4.90 Å². The Labute approximate surface area is 104 Å². The molecule has 1 heterocycles. The number of alkyl halides is 1. The van der Waals surface area contributed by atoms with Crippen molar-refractivity contribution in [2.45, 2.75) is 18.2 Å². The summed E-state index contributed by atoms with van der Waals surface area (Å²) in [5.74, 6) is 0. The zero-order chi connectivity index (χ0) is 11.5. The van der Waals surface area contributed by atoms with E-state index < -0.39 is 0 Å². The van der Waals surface area contributed by atoms with Gasteiger partial charge >= 0.3 is 0 Å². The molecule has 1 atom stereocenters. The Morgan fingerprint density at radius 1 is 1.44 bits per heavy atom. The van der Waals surface area contributed by atoms with Gasteiger partial charge < -0.3 is 9.32 Å². The molecule has 0 bridgehead atoms. The van der Waals surface area contributed by atoms with E-state index >= 15 is 0 Å². The third kappa shape index (κ3) is 2.55. The van der Waals surface area contributed by atoms with Gasteiger partial charge in [0.15, 0.2) is 5.58 Å². The highest BCUT2D eigenvalue weighted by Gasteiger charge is 2.10. The summed E-state index contributed by atoms with van der Waals surface area (Å²) in [6, 6.07) is 8.51. The molecule has 0 spiro atoms. The van der Waals surface area contributed by atoms with Crippen molar-refractivity contribution in [1.82, 2.24) is 4.98 Å². The Morgan fingerprint density at radius 2 is 2.19 bits per heavy atom. The third-order valence-corrected chi connectivity index (χ3v) is 2.93. The zero-order valence-electron chi connectivity index (χ0n) is 9.48. The van der Waals surface area contributed by atoms with Crippen LogP contribution in [0.1, 0.15) is 13.3 Å². The SMILES string of the molecule is CC(Br)CCN(C)c1nc2ccccc2o1. The van der Waals surface area contributed by atoms with Crippen LogP contribution >= 0.6 is 15.9 Å². The predicted molar refractivity (Wildman–Crippen MR) is 70.3 cm³/mol. The summed E-state index contributed by atoms with van der Waals surface area (Å²) in [5.41, 5.74) is 1.76. The first-order valence-electron chi connectivity index (χ1n) is 5.37. The van der Waals surface area contributed by atoms with Gasteiger partial charge in [-0.1, -0.05) is 35.0 Å². The van der Waals surface area contributed by atoms with Crippen molar-refractivity contribution >= 4 is 33.0 Å². The molecule has 0 aliphatic carbocycles. The molecule has 1 aromatic carbocycles. The van der Waals surface area contributed by atoms with Gasteiger partial charge in [0.25, 0.3) is 6.01 Å². The van der Waals surface area contributed by atoms with Crippen molar-refractivity contribution in [1.29, 1.82) is 0 Å². The first-order valence-corrected chi connectivity index (χ1v) is 6.29. The second-order valence-corrected chi connectivity index (χ2v) is 5.52. The van der Waals surface area contributed by atoms with E-state index in [2.05, 4.69) is 27.8 Å². The molecule has 0 N–H and O–H groups in total. The van der Waals surface area contributed by atoms with Gasteiger partial charge in [-0.05, 0) is 18.6 Å². The predicted octanol–water partition coefficient (Wildman–Crippen LogP) is 3.44. The van der Waals surface area contributed by atoms with E-state index in [-0.39, 0.29) is 0 Å². The van der Waals surface area contributed by atoms with Crippen molar-refractivity contribution in [3.63, 3.8) is 0 Å². The summed E-state index contributed by atoms with van der Waals surface area (Å²) in [7, 11) is 2.00. The standard InChI is InChI=1S/C12H15BrN2O/c1-9(13)7-8-15(2)12-14-10-5-3-4-6-11(10)16-12/h3-6,9H,7-8H2,1-2H3. The number of fused-ring (bicyclic) bond motifs is 1. The number of hydrogen-bond donors (Lipinski definition) is 0. The minimum atomic E-state index is 0.513. The summed E-state index contributed by atoms with van der Waals surface area (Å²) in [6.07, 6.45) is 1.06. The summed E-state index contributed by atoms with van der Waals surface area (Å²) >= 11 is 3.53. The molecule has 0 saturated carbocycles. The van der Waals surface area contributed by atoms with Crippen LogP contribution in [-0.4, -0.2) is 23.4 Å². The van der Waals surface area contributed by atoms with Gasteiger partial charge in [-0.15, -0.1) is 0 Å². The fourth-order valence-corrected chi connectivity index (χ4v) is 1.70. The lowest BCUT2D eigenvalue weighted by Crippen LogP contribution is -2.20. The van der Waals surface area contributed by atoms with Crippen LogP contribution in [0.3, 0.4) is 0 Å². The summed E-state index contributed by atoms with van der Waals surface area (Å²) in [4.78, 5) is 6.99. The topological polar surface area (TPSA) is 29.3 Å². The van der Waals surface area contributed by atoms with E-state index in [0.29, 0.717) is 10.8 Å². The zero-order valence-corrected chi connectivity index (χ0v) is 11.1. The molecule has 1 unspecified atom stereocenters. The van der Waals surface area contributed by atoms with Gasteiger partial charge in [0, 0.05) is 18.4 Å². The van der Waals surface area contributed by atoms with Gasteiger partial charge in [0.1, 0.15) is 5.52 Å². The first-order chi connectivity index (χ1) is 7.66. The fourth-order valence-electron chi connectivity index (χ4n) is 1.49. The molecule has 0 aliphatic heterocycles. The molecule has 2 rings (SSSR count). The smallest absolute Gasteiger partial charge is 0.298 e. The van der Waals surface area contributed by atoms with Crippen molar-refractivity contribution < 1.29 is 4.42 Å². The maximum Gasteiger partial charge on any atom is 0.298 e. The quantitative estimate of drug-likeness (QED) is 0.805. The van der Waals surface area contributed by atoms with Gasteiger partial charge in [-0.25, -0.2) is 0 Å². The molecular weight excluding hydrogens is 268 g/mol. The Bertz CT molecular complexity index is 434. The van der Waals surface area contributed by atoms with Gasteiger partial charge in [-0.3, -0.25) is 0 Å². The van der Waals surface area contributed by atoms with Crippen molar-refractivity contribution in [3.05, 3.63) is 24.3 Å². The third-order valence-electron chi connectivity index (χ3n) is 2.47. The van der Waals surface area contributed by atoms with E-state index in [1.54, 1.807) is 0 Å². The lowest BCUT2D eigenvalue weighted by Gasteiger charge is -2.14. The van der Waals surface area contributed by atoms with Crippen LogP contribution in [0.4, 0.5) is 6.01 Å². The van der Waals surface area contributed by atoms with Crippen LogP contribution in [0.25, 0.3) is 11.1 Å². The molecule has 2 aromatic rings. The summed E-state index contributed by atoms with van der Waals surface area (Å²) in [5, 5.41) is 0. The first kappa shape index (κ1) is 11.5. The number of aromatic nitrogens is 1. The molecule has 0 amide bonds. The minimum Gasteiger partial charge on any atom is -0.423 e. The van der Waals surface area contributed by atoms with E-state index in [1.165, 1.54) is 0 Å². The van der Waals surface area contributed by atoms with Gasteiger partial charge in [0.05, 0.1) is 0 Å². The number of halogens is 1. The number of para-hydroxylation sites is 2. The second kappa shape index (κ2) is 4.87. The normalized spacial score (nSPS) is 12.9. The fraction of sp³-hybridized carbons (Fsp3) is 0.417. The van der Waals surface area contributed by atoms with Crippen molar-refractivity contribution in [3.8, 4) is 0 Å². The number of nitrogens with zero attached hydrogens (tertiary/aromatic N) is 2. The van der Waals surface area contributed by atoms with Crippen LogP contribution in [-0.2, 0) is 0 Å². The largest absolute Gasteiger partial charge is 0.423 e. The van der Waals surface area contributed by atoms with E-state index in [4.69, 9.17) is 4.42 Å². The molecule has 86 valence electrons. The molecule has 4 heteroatoms. The Kier molecular flexibility index (Phi) is 3.49. The Hall–Kier alpha value is -1.03. The molecule has 16 heavy (non-hydrogen) atoms. The second-order valence-electron chi connectivity index (χ2n) is 3.96. The number of oxazole rings is 1. The molecule has 0 aliphatic rings. The highest BCUT2D eigenvalue weighted by Crippen LogP contribution is 2.21. The molecule has 0 fully saturated rings. The van der Waals surface area contributed by atoms with Gasteiger partial charge in [0.2, 0.25) is 0 Å². The highest BCUT2D eigenvalue weighted by molar-refractivity contribution is 9.09. The molecular formula is C12H15BrN2O. The van der Waals surface area contributed by atoms with Crippen molar-refractivity contribution in [2.75, 3.05) is 18.5 Å². The van der Waals surface area contributed by atoms with Crippen molar-refractivity contribution in [2.24, 2.45) is 0 Å².